The lowest BCUT2D eigenvalue weighted by atomic mass is 9.79. The fourth-order valence-electron chi connectivity index (χ4n) is 3.01. The average molecular weight is 249 g/mol. The number of rotatable bonds is 3. The third kappa shape index (κ3) is 3.02. The first-order valence-electron chi connectivity index (χ1n) is 6.91. The molecular formula is C14H23N3O. The molecule has 0 amide bonds. The Labute approximate surface area is 110 Å². The Kier molecular flexibility index (Phi) is 4.23. The van der Waals surface area contributed by atoms with E-state index in [9.17, 15) is 5.26 Å². The summed E-state index contributed by atoms with van der Waals surface area (Å²) in [6.45, 7) is 9.44. The number of piperidine rings is 1. The minimum Gasteiger partial charge on any atom is -0.391 e. The second-order valence-electron chi connectivity index (χ2n) is 5.95. The molecule has 0 spiro atoms. The Morgan fingerprint density at radius 1 is 1.56 bits per heavy atom. The molecule has 1 fully saturated rings. The Hall–Kier alpha value is -1.08. The minimum atomic E-state index is 0.219. The van der Waals surface area contributed by atoms with Crippen LogP contribution >= 0.6 is 0 Å². The van der Waals surface area contributed by atoms with Gasteiger partial charge in [-0.15, -0.1) is 0 Å². The van der Waals surface area contributed by atoms with Gasteiger partial charge in [0.1, 0.15) is 6.10 Å². The number of oxime groups is 1. The zero-order chi connectivity index (χ0) is 13.1. The summed E-state index contributed by atoms with van der Waals surface area (Å²) < 4.78 is 0. The number of nitrogens with zero attached hydrogens (tertiary/aromatic N) is 3. The van der Waals surface area contributed by atoms with E-state index in [2.05, 4.69) is 30.0 Å². The van der Waals surface area contributed by atoms with Gasteiger partial charge in [0.05, 0.1) is 17.7 Å². The molecule has 1 saturated heterocycles. The molecule has 100 valence electrons. The average Bonchev–Trinajstić information content (AvgIpc) is 2.74. The normalized spacial score (nSPS) is 33.1. The van der Waals surface area contributed by atoms with Gasteiger partial charge in [0.15, 0.2) is 0 Å². The van der Waals surface area contributed by atoms with E-state index in [1.807, 2.05) is 6.92 Å². The number of likely N-dealkylation sites (tertiary alicyclic amines) is 1. The maximum absolute atomic E-state index is 9.20. The van der Waals surface area contributed by atoms with Crippen LogP contribution in [0.3, 0.4) is 0 Å². The lowest BCUT2D eigenvalue weighted by Crippen LogP contribution is -2.45. The highest BCUT2D eigenvalue weighted by Gasteiger charge is 2.33. The molecule has 3 unspecified atom stereocenters. The highest BCUT2D eigenvalue weighted by atomic mass is 16.6. The van der Waals surface area contributed by atoms with Gasteiger partial charge in [-0.25, -0.2) is 0 Å². The summed E-state index contributed by atoms with van der Waals surface area (Å²) in [5.74, 6) is 1.29. The van der Waals surface area contributed by atoms with Gasteiger partial charge in [-0.2, -0.15) is 5.26 Å². The third-order valence-electron chi connectivity index (χ3n) is 4.11. The molecule has 0 aromatic heterocycles. The molecule has 0 bridgehead atoms. The van der Waals surface area contributed by atoms with Crippen molar-refractivity contribution in [1.82, 2.24) is 4.90 Å². The van der Waals surface area contributed by atoms with Crippen LogP contribution in [0.15, 0.2) is 5.16 Å². The van der Waals surface area contributed by atoms with Gasteiger partial charge in [0.25, 0.3) is 0 Å². The Bertz CT molecular complexity index is 359. The van der Waals surface area contributed by atoms with E-state index in [-0.39, 0.29) is 12.0 Å². The van der Waals surface area contributed by atoms with E-state index in [1.165, 1.54) is 0 Å². The topological polar surface area (TPSA) is 48.6 Å². The highest BCUT2D eigenvalue weighted by molar-refractivity contribution is 5.82. The smallest absolute Gasteiger partial charge is 0.145 e. The largest absolute Gasteiger partial charge is 0.391 e. The van der Waals surface area contributed by atoms with Crippen molar-refractivity contribution in [1.29, 1.82) is 5.26 Å². The molecule has 2 aliphatic heterocycles. The molecule has 2 aliphatic rings. The molecule has 2 heterocycles. The highest BCUT2D eigenvalue weighted by Crippen LogP contribution is 2.29. The van der Waals surface area contributed by atoms with E-state index < -0.39 is 0 Å². The van der Waals surface area contributed by atoms with Gasteiger partial charge in [-0.3, -0.25) is 4.90 Å². The zero-order valence-electron chi connectivity index (χ0n) is 11.6. The van der Waals surface area contributed by atoms with Crippen LogP contribution in [0, 0.1) is 29.1 Å². The summed E-state index contributed by atoms with van der Waals surface area (Å²) in [5, 5.41) is 13.2. The van der Waals surface area contributed by atoms with Crippen molar-refractivity contribution >= 4 is 5.71 Å². The summed E-state index contributed by atoms with van der Waals surface area (Å²) in [6.07, 6.45) is 2.16. The zero-order valence-corrected chi connectivity index (χ0v) is 11.6. The molecule has 0 radical (unpaired) electrons. The first kappa shape index (κ1) is 13.4. The van der Waals surface area contributed by atoms with Crippen molar-refractivity contribution in [2.24, 2.45) is 22.9 Å². The number of nitriles is 1. The lowest BCUT2D eigenvalue weighted by Gasteiger charge is -2.38. The molecule has 2 rings (SSSR count). The van der Waals surface area contributed by atoms with Crippen LogP contribution in [0.5, 0.6) is 0 Å². The molecule has 18 heavy (non-hydrogen) atoms. The van der Waals surface area contributed by atoms with E-state index in [0.717, 1.165) is 38.2 Å². The van der Waals surface area contributed by atoms with Gasteiger partial charge in [-0.05, 0) is 31.7 Å². The van der Waals surface area contributed by atoms with Crippen LogP contribution in [0.4, 0.5) is 0 Å². The molecule has 4 nitrogen and oxygen atoms in total. The molecule has 0 N–H and O–H groups in total. The second-order valence-corrected chi connectivity index (χ2v) is 5.95. The molecule has 0 saturated carbocycles. The van der Waals surface area contributed by atoms with Crippen LogP contribution in [0.25, 0.3) is 0 Å². The van der Waals surface area contributed by atoms with Crippen LogP contribution in [-0.2, 0) is 4.84 Å². The molecule has 0 aromatic rings. The monoisotopic (exact) mass is 249 g/mol. The Balaban J connectivity index is 1.87. The van der Waals surface area contributed by atoms with Crippen molar-refractivity contribution in [3.05, 3.63) is 0 Å². The maximum Gasteiger partial charge on any atom is 0.145 e. The Morgan fingerprint density at radius 2 is 2.33 bits per heavy atom. The number of hydrogen-bond acceptors (Lipinski definition) is 4. The van der Waals surface area contributed by atoms with Gasteiger partial charge < -0.3 is 4.84 Å². The second kappa shape index (κ2) is 5.71. The summed E-state index contributed by atoms with van der Waals surface area (Å²) >= 11 is 0. The summed E-state index contributed by atoms with van der Waals surface area (Å²) in [5.41, 5.74) is 1.09. The SMILES string of the molecule is CC1=NOC(CN2CCC(C#N)C(C(C)C)C2)C1. The van der Waals surface area contributed by atoms with Crippen LogP contribution in [0.2, 0.25) is 0 Å². The summed E-state index contributed by atoms with van der Waals surface area (Å²) in [6, 6.07) is 2.48. The molecular weight excluding hydrogens is 226 g/mol. The molecule has 0 aromatic carbocycles. The van der Waals surface area contributed by atoms with E-state index in [4.69, 9.17) is 4.84 Å². The molecule has 0 aliphatic carbocycles. The van der Waals surface area contributed by atoms with E-state index in [1.54, 1.807) is 0 Å². The summed E-state index contributed by atoms with van der Waals surface area (Å²) in [4.78, 5) is 7.84. The van der Waals surface area contributed by atoms with Gasteiger partial charge in [-0.1, -0.05) is 19.0 Å². The van der Waals surface area contributed by atoms with Gasteiger partial charge >= 0.3 is 0 Å². The van der Waals surface area contributed by atoms with Crippen molar-refractivity contribution in [3.8, 4) is 6.07 Å². The van der Waals surface area contributed by atoms with Crippen molar-refractivity contribution in [3.63, 3.8) is 0 Å². The quantitative estimate of drug-likeness (QED) is 0.771. The van der Waals surface area contributed by atoms with E-state index in [0.29, 0.717) is 11.8 Å². The van der Waals surface area contributed by atoms with E-state index >= 15 is 0 Å². The first-order chi connectivity index (χ1) is 8.60. The van der Waals surface area contributed by atoms with Gasteiger partial charge in [0.2, 0.25) is 0 Å². The number of hydrogen-bond donors (Lipinski definition) is 0. The fraction of sp³-hybridized carbons (Fsp3) is 0.857. The lowest BCUT2D eigenvalue weighted by molar-refractivity contribution is 0.0273. The molecule has 4 heteroatoms. The predicted molar refractivity (Wildman–Crippen MR) is 71.1 cm³/mol. The first-order valence-corrected chi connectivity index (χ1v) is 6.91. The third-order valence-corrected chi connectivity index (χ3v) is 4.11. The van der Waals surface area contributed by atoms with Crippen molar-refractivity contribution in [2.75, 3.05) is 19.6 Å². The van der Waals surface area contributed by atoms with Crippen molar-refractivity contribution < 1.29 is 4.84 Å². The van der Waals surface area contributed by atoms with Crippen molar-refractivity contribution in [2.45, 2.75) is 39.7 Å². The van der Waals surface area contributed by atoms with Crippen LogP contribution in [0.1, 0.15) is 33.6 Å². The molecule has 3 atom stereocenters. The standard InChI is InChI=1S/C14H23N3O/c1-10(2)14-9-17(5-4-12(14)7-15)8-13-6-11(3)16-18-13/h10,12-14H,4-6,8-9H2,1-3H3. The van der Waals surface area contributed by atoms with Gasteiger partial charge in [0, 0.05) is 19.5 Å². The fourth-order valence-corrected chi connectivity index (χ4v) is 3.01. The Morgan fingerprint density at radius 3 is 2.89 bits per heavy atom. The minimum absolute atomic E-state index is 0.219. The maximum atomic E-state index is 9.20. The van der Waals surface area contributed by atoms with Crippen LogP contribution < -0.4 is 0 Å². The van der Waals surface area contributed by atoms with Crippen LogP contribution in [-0.4, -0.2) is 36.3 Å². The summed E-state index contributed by atoms with van der Waals surface area (Å²) in [7, 11) is 0. The predicted octanol–water partition coefficient (Wildman–Crippen LogP) is 2.27.